The highest BCUT2D eigenvalue weighted by Crippen LogP contribution is 2.20. The van der Waals surface area contributed by atoms with Crippen molar-refractivity contribution in [3.63, 3.8) is 0 Å². The fourth-order valence-electron chi connectivity index (χ4n) is 2.26. The lowest BCUT2D eigenvalue weighted by molar-refractivity contribution is -0.152. The maximum atomic E-state index is 11.8. The molecule has 1 fully saturated rings. The van der Waals surface area contributed by atoms with E-state index in [1.807, 2.05) is 30.3 Å². The maximum Gasteiger partial charge on any atom is 0.327 e. The van der Waals surface area contributed by atoms with E-state index in [2.05, 4.69) is 10.1 Å². The molecule has 20 heavy (non-hydrogen) atoms. The lowest BCUT2D eigenvalue weighted by Gasteiger charge is -2.30. The van der Waals surface area contributed by atoms with Gasteiger partial charge in [-0.1, -0.05) is 30.3 Å². The summed E-state index contributed by atoms with van der Waals surface area (Å²) in [5, 5.41) is 3.28. The minimum absolute atomic E-state index is 0.0718. The smallest absolute Gasteiger partial charge is 0.327 e. The summed E-state index contributed by atoms with van der Waals surface area (Å²) in [5.41, 5.74) is 0.898. The van der Waals surface area contributed by atoms with E-state index in [-0.39, 0.29) is 18.0 Å². The summed E-state index contributed by atoms with van der Waals surface area (Å²) >= 11 is 0. The molecule has 1 saturated heterocycles. The molecule has 1 N–H and O–H groups in total. The van der Waals surface area contributed by atoms with Gasteiger partial charge < -0.3 is 9.47 Å². The van der Waals surface area contributed by atoms with Crippen LogP contribution in [0.15, 0.2) is 30.3 Å². The monoisotopic (exact) mass is 277 g/mol. The SMILES string of the molecule is COC(=O)CCC[C@H]1COC(=O)[C@H](c2ccccc2)N1. The van der Waals surface area contributed by atoms with Gasteiger partial charge in [0.25, 0.3) is 0 Å². The van der Waals surface area contributed by atoms with Crippen molar-refractivity contribution in [3.8, 4) is 0 Å². The van der Waals surface area contributed by atoms with Crippen LogP contribution in [-0.4, -0.2) is 31.7 Å². The lowest BCUT2D eigenvalue weighted by atomic mass is 10.0. The quantitative estimate of drug-likeness (QED) is 0.828. The highest BCUT2D eigenvalue weighted by Gasteiger charge is 2.30. The maximum absolute atomic E-state index is 11.8. The van der Waals surface area contributed by atoms with E-state index >= 15 is 0 Å². The molecule has 1 aromatic carbocycles. The summed E-state index contributed by atoms with van der Waals surface area (Å²) in [6.07, 6.45) is 1.87. The second-order valence-corrected chi connectivity index (χ2v) is 4.81. The van der Waals surface area contributed by atoms with Gasteiger partial charge in [0.1, 0.15) is 12.6 Å². The van der Waals surface area contributed by atoms with Gasteiger partial charge in [-0.3, -0.25) is 10.1 Å². The van der Waals surface area contributed by atoms with Gasteiger partial charge in [0.15, 0.2) is 0 Å². The number of carbonyl (C=O) groups is 2. The van der Waals surface area contributed by atoms with Crippen LogP contribution in [0.3, 0.4) is 0 Å². The first-order chi connectivity index (χ1) is 9.70. The Bertz CT molecular complexity index is 460. The molecule has 0 bridgehead atoms. The van der Waals surface area contributed by atoms with E-state index in [0.717, 1.165) is 12.0 Å². The van der Waals surface area contributed by atoms with Crippen molar-refractivity contribution in [2.45, 2.75) is 31.3 Å². The van der Waals surface area contributed by atoms with Crippen molar-refractivity contribution in [1.82, 2.24) is 5.32 Å². The molecule has 5 nitrogen and oxygen atoms in total. The fourth-order valence-corrected chi connectivity index (χ4v) is 2.26. The van der Waals surface area contributed by atoms with Crippen LogP contribution in [0.2, 0.25) is 0 Å². The number of methoxy groups -OCH3 is 1. The lowest BCUT2D eigenvalue weighted by Crippen LogP contribution is -2.46. The number of nitrogens with one attached hydrogen (secondary N) is 1. The number of carbonyl (C=O) groups excluding carboxylic acids is 2. The van der Waals surface area contributed by atoms with Crippen molar-refractivity contribution in [2.75, 3.05) is 13.7 Å². The van der Waals surface area contributed by atoms with Crippen molar-refractivity contribution in [2.24, 2.45) is 0 Å². The number of hydrogen-bond donors (Lipinski definition) is 1. The topological polar surface area (TPSA) is 64.6 Å². The second kappa shape index (κ2) is 7.05. The Balaban J connectivity index is 1.88. The predicted molar refractivity (Wildman–Crippen MR) is 72.9 cm³/mol. The van der Waals surface area contributed by atoms with E-state index in [4.69, 9.17) is 4.74 Å². The van der Waals surface area contributed by atoms with Gasteiger partial charge in [0, 0.05) is 12.5 Å². The molecule has 2 atom stereocenters. The molecule has 0 aromatic heterocycles. The molecule has 2 rings (SSSR count). The first-order valence-electron chi connectivity index (χ1n) is 6.75. The van der Waals surface area contributed by atoms with Gasteiger partial charge in [-0.05, 0) is 18.4 Å². The summed E-state index contributed by atoms with van der Waals surface area (Å²) in [5.74, 6) is -0.460. The normalized spacial score (nSPS) is 22.1. The number of hydrogen-bond acceptors (Lipinski definition) is 5. The summed E-state index contributed by atoms with van der Waals surface area (Å²) in [7, 11) is 1.38. The number of esters is 2. The van der Waals surface area contributed by atoms with E-state index in [1.165, 1.54) is 7.11 Å². The fraction of sp³-hybridized carbons (Fsp3) is 0.467. The van der Waals surface area contributed by atoms with E-state index in [1.54, 1.807) is 0 Å². The van der Waals surface area contributed by atoms with Gasteiger partial charge in [0.2, 0.25) is 0 Å². The Morgan fingerprint density at radius 3 is 2.85 bits per heavy atom. The summed E-state index contributed by atoms with van der Waals surface area (Å²) in [4.78, 5) is 22.9. The molecule has 1 heterocycles. The minimum Gasteiger partial charge on any atom is -0.469 e. The first kappa shape index (κ1) is 14.5. The van der Waals surface area contributed by atoms with Gasteiger partial charge in [-0.25, -0.2) is 4.79 Å². The number of cyclic esters (lactones) is 1. The molecule has 0 saturated carbocycles. The molecular formula is C15H19NO4. The van der Waals surface area contributed by atoms with E-state index in [9.17, 15) is 9.59 Å². The van der Waals surface area contributed by atoms with Crippen LogP contribution in [0.1, 0.15) is 30.9 Å². The summed E-state index contributed by atoms with van der Waals surface area (Å²) < 4.78 is 9.83. The van der Waals surface area contributed by atoms with Crippen molar-refractivity contribution >= 4 is 11.9 Å². The Morgan fingerprint density at radius 2 is 2.15 bits per heavy atom. The third kappa shape index (κ3) is 3.81. The van der Waals surface area contributed by atoms with Gasteiger partial charge in [0.05, 0.1) is 7.11 Å². The average Bonchev–Trinajstić information content (AvgIpc) is 2.49. The molecule has 0 amide bonds. The molecule has 0 spiro atoms. The molecule has 5 heteroatoms. The standard InChI is InChI=1S/C15H19NO4/c1-19-13(17)9-5-8-12-10-20-15(18)14(16-12)11-6-3-2-4-7-11/h2-4,6-7,12,14,16H,5,8-10H2,1H3/t12-,14-/m0/s1. The van der Waals surface area contributed by atoms with Crippen LogP contribution in [0.25, 0.3) is 0 Å². The summed E-state index contributed by atoms with van der Waals surface area (Å²) in [6.45, 7) is 0.351. The Kier molecular flexibility index (Phi) is 5.12. The zero-order chi connectivity index (χ0) is 14.4. The Morgan fingerprint density at radius 1 is 1.40 bits per heavy atom. The molecule has 0 unspecified atom stereocenters. The highest BCUT2D eigenvalue weighted by molar-refractivity contribution is 5.78. The van der Waals surface area contributed by atoms with Crippen LogP contribution < -0.4 is 5.32 Å². The third-order valence-electron chi connectivity index (χ3n) is 3.36. The Hall–Kier alpha value is -1.88. The predicted octanol–water partition coefficient (Wildman–Crippen LogP) is 1.59. The number of rotatable bonds is 5. The molecule has 1 aromatic rings. The van der Waals surface area contributed by atoms with Crippen LogP contribution in [0, 0.1) is 0 Å². The molecule has 108 valence electrons. The molecule has 0 aliphatic carbocycles. The van der Waals surface area contributed by atoms with Crippen molar-refractivity contribution in [3.05, 3.63) is 35.9 Å². The average molecular weight is 277 g/mol. The zero-order valence-electron chi connectivity index (χ0n) is 11.5. The summed E-state index contributed by atoms with van der Waals surface area (Å²) in [6, 6.07) is 9.14. The van der Waals surface area contributed by atoms with E-state index in [0.29, 0.717) is 19.4 Å². The minimum atomic E-state index is -0.423. The molecule has 0 radical (unpaired) electrons. The zero-order valence-corrected chi connectivity index (χ0v) is 11.5. The second-order valence-electron chi connectivity index (χ2n) is 4.81. The van der Waals surface area contributed by atoms with Crippen molar-refractivity contribution < 1.29 is 19.1 Å². The third-order valence-corrected chi connectivity index (χ3v) is 3.36. The molecule has 1 aliphatic heterocycles. The number of ether oxygens (including phenoxy) is 2. The van der Waals surface area contributed by atoms with E-state index < -0.39 is 6.04 Å². The van der Waals surface area contributed by atoms with Crippen LogP contribution in [-0.2, 0) is 19.1 Å². The molecule has 1 aliphatic rings. The largest absolute Gasteiger partial charge is 0.469 e. The number of benzene rings is 1. The van der Waals surface area contributed by atoms with Gasteiger partial charge in [-0.2, -0.15) is 0 Å². The van der Waals surface area contributed by atoms with Crippen LogP contribution in [0.4, 0.5) is 0 Å². The van der Waals surface area contributed by atoms with Gasteiger partial charge >= 0.3 is 11.9 Å². The Labute approximate surface area is 118 Å². The first-order valence-corrected chi connectivity index (χ1v) is 6.75. The van der Waals surface area contributed by atoms with Crippen LogP contribution in [0.5, 0.6) is 0 Å². The molecular weight excluding hydrogens is 258 g/mol. The van der Waals surface area contributed by atoms with Gasteiger partial charge in [-0.15, -0.1) is 0 Å². The van der Waals surface area contributed by atoms with Crippen LogP contribution >= 0.6 is 0 Å². The van der Waals surface area contributed by atoms with Crippen molar-refractivity contribution in [1.29, 1.82) is 0 Å². The highest BCUT2D eigenvalue weighted by atomic mass is 16.5. The number of morpholine rings is 1.